The summed E-state index contributed by atoms with van der Waals surface area (Å²) in [6.45, 7) is 4.61. The molecular weight excluding hydrogens is 450 g/mol. The summed E-state index contributed by atoms with van der Waals surface area (Å²) in [6.07, 6.45) is 0.0225. The van der Waals surface area contributed by atoms with Crippen molar-refractivity contribution in [3.63, 3.8) is 0 Å². The summed E-state index contributed by atoms with van der Waals surface area (Å²) in [7, 11) is -5.74. The maximum Gasteiger partial charge on any atom is 0.516 e. The van der Waals surface area contributed by atoms with E-state index >= 15 is 0 Å². The predicted octanol–water partition coefficient (Wildman–Crippen LogP) is 5.62. The van der Waals surface area contributed by atoms with E-state index < -0.39 is 33.0 Å². The molecule has 0 aromatic heterocycles. The third kappa shape index (κ3) is 6.05. The minimum Gasteiger partial charge on any atom is -0.372 e. The fourth-order valence-electron chi connectivity index (χ4n) is 2.44. The van der Waals surface area contributed by atoms with Crippen LogP contribution in [-0.2, 0) is 10.0 Å². The standard InChI is InChI=1S/C18H17F6N4O2S/c1-3-28(4-2)14-9-10-15(16(11-14)27-31(29,30)18(22,23)24)26-25-13-7-5-12(6-8-13)17(19,20)21/h5-7,9-11,27H,3-4H2,1-2H3/q+1. The maximum absolute atomic E-state index is 12.8. The first-order chi connectivity index (χ1) is 14.3. The molecule has 0 atom stereocenters. The largest absolute Gasteiger partial charge is 0.516 e. The van der Waals surface area contributed by atoms with E-state index in [1.807, 2.05) is 0 Å². The molecule has 1 aliphatic carbocycles. The Bertz CT molecular complexity index is 1040. The summed E-state index contributed by atoms with van der Waals surface area (Å²) < 4.78 is 101. The highest BCUT2D eigenvalue weighted by atomic mass is 32.2. The first kappa shape index (κ1) is 24.4. The van der Waals surface area contributed by atoms with Crippen LogP contribution in [0, 0.1) is 6.08 Å². The monoisotopic (exact) mass is 467 g/mol. The highest BCUT2D eigenvalue weighted by Crippen LogP contribution is 2.35. The highest BCUT2D eigenvalue weighted by Gasteiger charge is 2.46. The minimum absolute atomic E-state index is 0.134. The molecule has 1 aromatic carbocycles. The Labute approximate surface area is 174 Å². The number of nitrogens with one attached hydrogen (secondary N) is 1. The Hall–Kier alpha value is -2.92. The van der Waals surface area contributed by atoms with Gasteiger partial charge in [0.05, 0.1) is 23.9 Å². The van der Waals surface area contributed by atoms with Crippen molar-refractivity contribution in [2.24, 2.45) is 10.2 Å². The lowest BCUT2D eigenvalue weighted by Gasteiger charge is -2.22. The molecule has 0 aliphatic heterocycles. The van der Waals surface area contributed by atoms with Gasteiger partial charge in [0.2, 0.25) is 5.70 Å². The van der Waals surface area contributed by atoms with Crippen molar-refractivity contribution in [3.8, 4) is 0 Å². The fourth-order valence-corrected chi connectivity index (χ4v) is 3.01. The molecule has 0 heterocycles. The summed E-state index contributed by atoms with van der Waals surface area (Å²) in [4.78, 5) is 1.76. The Kier molecular flexibility index (Phi) is 7.12. The van der Waals surface area contributed by atoms with Crippen LogP contribution in [-0.4, -0.2) is 33.2 Å². The Morgan fingerprint density at radius 1 is 1.03 bits per heavy atom. The van der Waals surface area contributed by atoms with E-state index in [9.17, 15) is 34.8 Å². The average Bonchev–Trinajstić information content (AvgIpc) is 2.67. The van der Waals surface area contributed by atoms with Gasteiger partial charge in [0.15, 0.2) is 5.57 Å². The van der Waals surface area contributed by atoms with E-state index in [1.165, 1.54) is 22.9 Å². The number of sulfonamides is 1. The number of allylic oxidation sites excluding steroid dienone is 5. The third-order valence-electron chi connectivity index (χ3n) is 4.05. The summed E-state index contributed by atoms with van der Waals surface area (Å²) in [6, 6.07) is 3.92. The Morgan fingerprint density at radius 3 is 2.16 bits per heavy atom. The van der Waals surface area contributed by atoms with Crippen LogP contribution in [0.15, 0.2) is 57.9 Å². The number of benzene rings is 1. The number of azo groups is 1. The zero-order valence-corrected chi connectivity index (χ0v) is 17.0. The molecule has 0 radical (unpaired) electrons. The molecule has 0 bridgehead atoms. The fraction of sp³-hybridized carbons (Fsp3) is 0.333. The number of halogens is 6. The van der Waals surface area contributed by atoms with Gasteiger partial charge >= 0.3 is 21.7 Å². The van der Waals surface area contributed by atoms with E-state index in [1.54, 1.807) is 18.7 Å². The molecule has 0 fully saturated rings. The number of hydrogen-bond acceptors (Lipinski definition) is 5. The van der Waals surface area contributed by atoms with Crippen LogP contribution in [0.3, 0.4) is 0 Å². The van der Waals surface area contributed by atoms with Crippen molar-refractivity contribution in [1.29, 1.82) is 0 Å². The van der Waals surface area contributed by atoms with Crippen LogP contribution in [0.2, 0.25) is 0 Å². The van der Waals surface area contributed by atoms with Crippen molar-refractivity contribution >= 4 is 27.1 Å². The minimum atomic E-state index is -5.74. The molecule has 1 N–H and O–H groups in total. The molecule has 0 amide bonds. The molecule has 0 saturated heterocycles. The van der Waals surface area contributed by atoms with Crippen molar-refractivity contribution in [2.45, 2.75) is 25.5 Å². The number of rotatable bonds is 7. The van der Waals surface area contributed by atoms with Gasteiger partial charge in [-0.25, -0.2) is 0 Å². The lowest BCUT2D eigenvalue weighted by Crippen LogP contribution is -2.30. The van der Waals surface area contributed by atoms with Gasteiger partial charge in [0.1, 0.15) is 11.8 Å². The molecule has 0 unspecified atom stereocenters. The summed E-state index contributed by atoms with van der Waals surface area (Å²) in [5.74, 6) is 0. The molecule has 0 saturated carbocycles. The zero-order valence-electron chi connectivity index (χ0n) is 16.2. The van der Waals surface area contributed by atoms with Crippen LogP contribution in [0.1, 0.15) is 13.8 Å². The molecule has 2 rings (SSSR count). The first-order valence-corrected chi connectivity index (χ1v) is 10.3. The molecule has 1 aromatic rings. The first-order valence-electron chi connectivity index (χ1n) is 8.77. The van der Waals surface area contributed by atoms with Crippen molar-refractivity contribution in [3.05, 3.63) is 53.8 Å². The summed E-state index contributed by atoms with van der Waals surface area (Å²) in [5, 5.41) is 7.33. The Balaban J connectivity index is 2.43. The summed E-state index contributed by atoms with van der Waals surface area (Å²) >= 11 is 0. The van der Waals surface area contributed by atoms with Gasteiger partial charge in [-0.05, 0) is 32.0 Å². The van der Waals surface area contributed by atoms with Crippen LogP contribution in [0.5, 0.6) is 0 Å². The zero-order chi connectivity index (χ0) is 23.4. The topological polar surface area (TPSA) is 74.1 Å². The molecule has 6 nitrogen and oxygen atoms in total. The molecule has 168 valence electrons. The van der Waals surface area contributed by atoms with E-state index in [-0.39, 0.29) is 11.4 Å². The lowest BCUT2D eigenvalue weighted by molar-refractivity contribution is -0.0882. The van der Waals surface area contributed by atoms with Crippen LogP contribution < -0.4 is 9.62 Å². The Morgan fingerprint density at radius 2 is 1.68 bits per heavy atom. The predicted molar refractivity (Wildman–Crippen MR) is 103 cm³/mol. The average molecular weight is 467 g/mol. The van der Waals surface area contributed by atoms with E-state index in [2.05, 4.69) is 16.3 Å². The van der Waals surface area contributed by atoms with Crippen molar-refractivity contribution in [1.82, 2.24) is 0 Å². The van der Waals surface area contributed by atoms with Gasteiger partial charge in [-0.15, -0.1) is 10.2 Å². The van der Waals surface area contributed by atoms with Gasteiger partial charge < -0.3 is 4.90 Å². The smallest absolute Gasteiger partial charge is 0.372 e. The van der Waals surface area contributed by atoms with Crippen LogP contribution in [0.4, 0.5) is 43.4 Å². The number of nitrogens with zero attached hydrogens (tertiary/aromatic N) is 3. The van der Waals surface area contributed by atoms with Gasteiger partial charge in [-0.3, -0.25) is 4.72 Å². The quantitative estimate of drug-likeness (QED) is 0.321. The lowest BCUT2D eigenvalue weighted by atomic mass is 10.1. The second kappa shape index (κ2) is 9.06. The number of hydrogen-bond donors (Lipinski definition) is 1. The van der Waals surface area contributed by atoms with Crippen LogP contribution >= 0.6 is 0 Å². The molecular formula is C18H17F6N4O2S+. The maximum atomic E-state index is 12.8. The number of alkyl halides is 6. The molecule has 31 heavy (non-hydrogen) atoms. The normalized spacial score (nSPS) is 14.8. The van der Waals surface area contributed by atoms with Gasteiger partial charge in [0.25, 0.3) is 0 Å². The van der Waals surface area contributed by atoms with E-state index in [0.29, 0.717) is 24.9 Å². The highest BCUT2D eigenvalue weighted by molar-refractivity contribution is 7.93. The van der Waals surface area contributed by atoms with Gasteiger partial charge in [-0.2, -0.15) is 34.8 Å². The van der Waals surface area contributed by atoms with Gasteiger partial charge in [0, 0.05) is 18.8 Å². The van der Waals surface area contributed by atoms with Crippen LogP contribution in [0.25, 0.3) is 0 Å². The second-order valence-electron chi connectivity index (χ2n) is 6.09. The second-order valence-corrected chi connectivity index (χ2v) is 7.76. The van der Waals surface area contributed by atoms with Crippen molar-refractivity contribution < 1.29 is 34.8 Å². The van der Waals surface area contributed by atoms with Crippen molar-refractivity contribution in [2.75, 3.05) is 22.7 Å². The van der Waals surface area contributed by atoms with E-state index in [0.717, 1.165) is 12.2 Å². The third-order valence-corrected chi connectivity index (χ3v) is 5.14. The van der Waals surface area contributed by atoms with Gasteiger partial charge in [-0.1, -0.05) is 0 Å². The molecule has 13 heteroatoms. The molecule has 1 aliphatic rings. The van der Waals surface area contributed by atoms with E-state index in [4.69, 9.17) is 0 Å². The number of anilines is 2. The molecule has 0 spiro atoms. The SMILES string of the molecule is CCN(CC)c1ccc(N=NC2=[C+]C=C(C(F)(F)F)C=C2)c(NS(=O)(=O)C(F)(F)F)c1. The summed E-state index contributed by atoms with van der Waals surface area (Å²) in [5.41, 5.74) is -6.98.